The van der Waals surface area contributed by atoms with Crippen molar-refractivity contribution in [3.8, 4) is 0 Å². The number of alkyl halides is 1. The van der Waals surface area contributed by atoms with E-state index in [1.807, 2.05) is 0 Å². The lowest BCUT2D eigenvalue weighted by atomic mass is 9.98. The molecule has 0 fully saturated rings. The van der Waals surface area contributed by atoms with Gasteiger partial charge in [-0.05, 0) is 12.3 Å². The summed E-state index contributed by atoms with van der Waals surface area (Å²) >= 11 is 3.46. The zero-order valence-corrected chi connectivity index (χ0v) is 10.2. The van der Waals surface area contributed by atoms with E-state index in [0.29, 0.717) is 0 Å². The Bertz CT molecular complexity index is 81.1. The highest BCUT2D eigenvalue weighted by atomic mass is 79.9. The molecule has 0 amide bonds. The summed E-state index contributed by atoms with van der Waals surface area (Å²) in [5.74, 6) is 0.957. The highest BCUT2D eigenvalue weighted by Crippen LogP contribution is 2.15. The van der Waals surface area contributed by atoms with Gasteiger partial charge in [-0.2, -0.15) is 0 Å². The molecule has 0 spiro atoms. The maximum atomic E-state index is 3.46. The minimum absolute atomic E-state index is 0.957. The summed E-state index contributed by atoms with van der Waals surface area (Å²) in [5.41, 5.74) is 0. The molecule has 0 bridgehead atoms. The average molecular weight is 235 g/mol. The van der Waals surface area contributed by atoms with Crippen LogP contribution in [0.2, 0.25) is 0 Å². The lowest BCUT2D eigenvalue weighted by Gasteiger charge is -2.08. The monoisotopic (exact) mass is 234 g/mol. The van der Waals surface area contributed by atoms with E-state index in [0.717, 1.165) is 5.92 Å². The van der Waals surface area contributed by atoms with Gasteiger partial charge in [-0.15, -0.1) is 0 Å². The molecule has 1 unspecified atom stereocenters. The van der Waals surface area contributed by atoms with Crippen LogP contribution >= 0.6 is 15.9 Å². The first-order valence-electron chi connectivity index (χ1n) is 5.37. The summed E-state index contributed by atoms with van der Waals surface area (Å²) in [5, 5.41) is 1.18. The van der Waals surface area contributed by atoms with Crippen LogP contribution in [0.5, 0.6) is 0 Å². The fraction of sp³-hybridized carbons (Fsp3) is 1.00. The molecule has 0 aromatic heterocycles. The molecule has 0 aliphatic rings. The topological polar surface area (TPSA) is 0 Å². The lowest BCUT2D eigenvalue weighted by molar-refractivity contribution is 0.456. The largest absolute Gasteiger partial charge is 0.0928 e. The van der Waals surface area contributed by atoms with Gasteiger partial charge in [-0.3, -0.25) is 0 Å². The second kappa shape index (κ2) is 9.57. The van der Waals surface area contributed by atoms with E-state index in [2.05, 4.69) is 29.8 Å². The Labute approximate surface area is 86.3 Å². The van der Waals surface area contributed by atoms with Crippen molar-refractivity contribution < 1.29 is 0 Å². The van der Waals surface area contributed by atoms with Crippen molar-refractivity contribution in [2.45, 2.75) is 58.8 Å². The summed E-state index contributed by atoms with van der Waals surface area (Å²) in [6.07, 6.45) is 9.83. The summed E-state index contributed by atoms with van der Waals surface area (Å²) in [4.78, 5) is 0. The standard InChI is InChI=1S/C11H23Br/c1-3-8-11(2)9-6-4-5-7-10-12/h11H,3-10H2,1-2H3. The van der Waals surface area contributed by atoms with Crippen LogP contribution in [0, 0.1) is 5.92 Å². The summed E-state index contributed by atoms with van der Waals surface area (Å²) in [7, 11) is 0. The van der Waals surface area contributed by atoms with Crippen LogP contribution in [0.25, 0.3) is 0 Å². The van der Waals surface area contributed by atoms with Gasteiger partial charge in [-0.25, -0.2) is 0 Å². The second-order valence-corrected chi connectivity index (χ2v) is 4.58. The van der Waals surface area contributed by atoms with Gasteiger partial charge in [0.15, 0.2) is 0 Å². The van der Waals surface area contributed by atoms with E-state index in [1.54, 1.807) is 0 Å². The van der Waals surface area contributed by atoms with Gasteiger partial charge in [0.2, 0.25) is 0 Å². The van der Waals surface area contributed by atoms with Crippen molar-refractivity contribution in [3.05, 3.63) is 0 Å². The molecule has 1 heteroatoms. The first-order valence-corrected chi connectivity index (χ1v) is 6.49. The minimum Gasteiger partial charge on any atom is -0.0928 e. The van der Waals surface area contributed by atoms with Crippen LogP contribution in [0.4, 0.5) is 0 Å². The highest BCUT2D eigenvalue weighted by Gasteiger charge is 1.99. The summed E-state index contributed by atoms with van der Waals surface area (Å²) < 4.78 is 0. The number of rotatable bonds is 8. The second-order valence-electron chi connectivity index (χ2n) is 3.79. The SMILES string of the molecule is CCCC(C)CCCCCCBr. The molecule has 0 aliphatic heterocycles. The third kappa shape index (κ3) is 8.58. The van der Waals surface area contributed by atoms with E-state index in [9.17, 15) is 0 Å². The average Bonchev–Trinajstić information content (AvgIpc) is 2.05. The lowest BCUT2D eigenvalue weighted by Crippen LogP contribution is -1.93. The maximum Gasteiger partial charge on any atom is 0.00313 e. The Morgan fingerprint density at radius 1 is 1.00 bits per heavy atom. The quantitative estimate of drug-likeness (QED) is 0.420. The zero-order valence-electron chi connectivity index (χ0n) is 8.61. The maximum absolute atomic E-state index is 3.46. The van der Waals surface area contributed by atoms with Gasteiger partial charge in [0.25, 0.3) is 0 Å². The zero-order chi connectivity index (χ0) is 9.23. The third-order valence-corrected chi connectivity index (χ3v) is 2.92. The molecule has 74 valence electrons. The molecule has 0 radical (unpaired) electrons. The van der Waals surface area contributed by atoms with Crippen LogP contribution < -0.4 is 0 Å². The molecule has 0 saturated carbocycles. The van der Waals surface area contributed by atoms with Crippen molar-refractivity contribution >= 4 is 15.9 Å². The van der Waals surface area contributed by atoms with E-state index >= 15 is 0 Å². The van der Waals surface area contributed by atoms with E-state index in [4.69, 9.17) is 0 Å². The molecule has 0 rings (SSSR count). The fourth-order valence-corrected chi connectivity index (χ4v) is 1.97. The van der Waals surface area contributed by atoms with Crippen molar-refractivity contribution in [1.29, 1.82) is 0 Å². The van der Waals surface area contributed by atoms with Gasteiger partial charge in [0, 0.05) is 5.33 Å². The normalized spacial score (nSPS) is 13.2. The van der Waals surface area contributed by atoms with Crippen molar-refractivity contribution in [2.24, 2.45) is 5.92 Å². The summed E-state index contributed by atoms with van der Waals surface area (Å²) in [6, 6.07) is 0. The Morgan fingerprint density at radius 2 is 1.67 bits per heavy atom. The third-order valence-electron chi connectivity index (χ3n) is 2.36. The van der Waals surface area contributed by atoms with E-state index in [1.165, 1.54) is 50.3 Å². The molecule has 0 nitrogen and oxygen atoms in total. The van der Waals surface area contributed by atoms with Gasteiger partial charge < -0.3 is 0 Å². The number of hydrogen-bond donors (Lipinski definition) is 0. The minimum atomic E-state index is 0.957. The van der Waals surface area contributed by atoms with Gasteiger partial charge in [-0.1, -0.05) is 68.3 Å². The van der Waals surface area contributed by atoms with Crippen LogP contribution in [-0.2, 0) is 0 Å². The Kier molecular flexibility index (Phi) is 9.95. The van der Waals surface area contributed by atoms with Crippen molar-refractivity contribution in [3.63, 3.8) is 0 Å². The van der Waals surface area contributed by atoms with Crippen LogP contribution in [0.15, 0.2) is 0 Å². The highest BCUT2D eigenvalue weighted by molar-refractivity contribution is 9.09. The van der Waals surface area contributed by atoms with Crippen LogP contribution in [0.1, 0.15) is 58.8 Å². The molecule has 0 N–H and O–H groups in total. The predicted molar refractivity (Wildman–Crippen MR) is 61.0 cm³/mol. The smallest absolute Gasteiger partial charge is 0.00313 e. The van der Waals surface area contributed by atoms with Gasteiger partial charge in [0.1, 0.15) is 0 Å². The Hall–Kier alpha value is 0.480. The van der Waals surface area contributed by atoms with Crippen LogP contribution in [-0.4, -0.2) is 5.33 Å². The fourth-order valence-electron chi connectivity index (χ4n) is 1.58. The molecule has 0 aromatic carbocycles. The Balaban J connectivity index is 2.97. The molecular weight excluding hydrogens is 212 g/mol. The van der Waals surface area contributed by atoms with E-state index in [-0.39, 0.29) is 0 Å². The first-order chi connectivity index (χ1) is 5.81. The number of hydrogen-bond acceptors (Lipinski definition) is 0. The number of unbranched alkanes of at least 4 members (excludes halogenated alkanes) is 3. The Morgan fingerprint density at radius 3 is 2.25 bits per heavy atom. The molecule has 1 atom stereocenters. The molecule has 0 heterocycles. The first kappa shape index (κ1) is 12.5. The molecule has 0 aliphatic carbocycles. The van der Waals surface area contributed by atoms with Crippen molar-refractivity contribution in [1.82, 2.24) is 0 Å². The van der Waals surface area contributed by atoms with Gasteiger partial charge >= 0.3 is 0 Å². The molecule has 12 heavy (non-hydrogen) atoms. The summed E-state index contributed by atoms with van der Waals surface area (Å²) in [6.45, 7) is 4.66. The predicted octanol–water partition coefficient (Wildman–Crippen LogP) is 4.77. The van der Waals surface area contributed by atoms with Crippen molar-refractivity contribution in [2.75, 3.05) is 5.33 Å². The van der Waals surface area contributed by atoms with Crippen LogP contribution in [0.3, 0.4) is 0 Å². The molecule has 0 saturated heterocycles. The number of halogens is 1. The molecule has 0 aromatic rings. The molecular formula is C11H23Br. The van der Waals surface area contributed by atoms with E-state index < -0.39 is 0 Å². The van der Waals surface area contributed by atoms with Gasteiger partial charge in [0.05, 0.1) is 0 Å².